The zero-order valence-corrected chi connectivity index (χ0v) is 30.1. The number of carbonyl (C=O) groups is 5. The van der Waals surface area contributed by atoms with Crippen LogP contribution in [0.4, 0.5) is 0 Å². The van der Waals surface area contributed by atoms with Crippen LogP contribution in [0.15, 0.2) is 71.8 Å². The molecule has 5 N–H and O–H groups in total. The summed E-state index contributed by atoms with van der Waals surface area (Å²) >= 11 is 0. The first kappa shape index (κ1) is 38.3. The molecule has 1 amide bonds. The molecule has 0 spiro atoms. The molecule has 2 bridgehead atoms. The highest BCUT2D eigenvalue weighted by molar-refractivity contribution is 5.94. The van der Waals surface area contributed by atoms with Gasteiger partial charge in [0.1, 0.15) is 30.0 Å². The van der Waals surface area contributed by atoms with E-state index in [1.807, 2.05) is 0 Å². The van der Waals surface area contributed by atoms with Crippen LogP contribution in [0.2, 0.25) is 0 Å². The van der Waals surface area contributed by atoms with Gasteiger partial charge in [0.25, 0.3) is 0 Å². The summed E-state index contributed by atoms with van der Waals surface area (Å²) in [7, 11) is 0. The number of benzene rings is 2. The molecule has 14 nitrogen and oxygen atoms in total. The maximum absolute atomic E-state index is 14.8. The van der Waals surface area contributed by atoms with Crippen LogP contribution >= 0.6 is 0 Å². The fraction of sp³-hybridized carbons (Fsp3) is 0.513. The third kappa shape index (κ3) is 5.87. The van der Waals surface area contributed by atoms with E-state index in [0.717, 1.165) is 6.92 Å². The third-order valence-electron chi connectivity index (χ3n) is 12.1. The van der Waals surface area contributed by atoms with Gasteiger partial charge >= 0.3 is 17.9 Å². The van der Waals surface area contributed by atoms with Gasteiger partial charge in [-0.2, -0.15) is 0 Å². The second-order valence-corrected chi connectivity index (χ2v) is 15.2. The number of amides is 1. The molecule has 53 heavy (non-hydrogen) atoms. The van der Waals surface area contributed by atoms with Crippen LogP contribution in [0.3, 0.4) is 0 Å². The topological polar surface area (TPSA) is 215 Å². The van der Waals surface area contributed by atoms with E-state index in [-0.39, 0.29) is 29.7 Å². The predicted molar refractivity (Wildman–Crippen MR) is 183 cm³/mol. The summed E-state index contributed by atoms with van der Waals surface area (Å²) in [4.78, 5) is 66.8. The molecule has 1 saturated heterocycles. The number of ketones is 1. The Hall–Kier alpha value is -4.47. The van der Waals surface area contributed by atoms with Crippen LogP contribution in [0.1, 0.15) is 69.4 Å². The second-order valence-electron chi connectivity index (χ2n) is 15.2. The molecule has 4 aliphatic rings. The molecule has 1 aliphatic heterocycles. The Morgan fingerprint density at radius 3 is 2.19 bits per heavy atom. The van der Waals surface area contributed by atoms with Gasteiger partial charge in [-0.3, -0.25) is 14.4 Å². The van der Waals surface area contributed by atoms with E-state index >= 15 is 0 Å². The molecular weight excluding hydrogens is 690 g/mol. The van der Waals surface area contributed by atoms with Gasteiger partial charge in [-0.25, -0.2) is 9.59 Å². The van der Waals surface area contributed by atoms with Crippen molar-refractivity contribution in [3.63, 3.8) is 0 Å². The normalized spacial score (nSPS) is 35.5. The summed E-state index contributed by atoms with van der Waals surface area (Å²) in [5, 5.41) is 50.8. The number of fused-ring (bicyclic) bond motifs is 5. The van der Waals surface area contributed by atoms with Crippen molar-refractivity contribution in [3.8, 4) is 0 Å². The van der Waals surface area contributed by atoms with Gasteiger partial charge in [-0.1, -0.05) is 62.4 Å². The first-order chi connectivity index (χ1) is 25.0. The molecule has 11 atom stereocenters. The molecule has 3 fully saturated rings. The van der Waals surface area contributed by atoms with Crippen molar-refractivity contribution >= 4 is 30.1 Å². The minimum atomic E-state index is -2.32. The van der Waals surface area contributed by atoms with Gasteiger partial charge in [0, 0.05) is 25.2 Å². The minimum absolute atomic E-state index is 0.0460. The summed E-state index contributed by atoms with van der Waals surface area (Å²) in [6.07, 6.45) is -9.96. The van der Waals surface area contributed by atoms with Crippen molar-refractivity contribution in [3.05, 3.63) is 82.9 Å². The Labute approximate surface area is 306 Å². The average molecular weight is 736 g/mol. The van der Waals surface area contributed by atoms with Crippen molar-refractivity contribution in [2.24, 2.45) is 16.7 Å². The first-order valence-electron chi connectivity index (χ1n) is 17.5. The predicted octanol–water partition coefficient (Wildman–Crippen LogP) is 1.48. The van der Waals surface area contributed by atoms with Crippen LogP contribution in [0, 0.1) is 16.7 Å². The van der Waals surface area contributed by atoms with Crippen LogP contribution in [0.25, 0.3) is 0 Å². The Balaban J connectivity index is 1.52. The molecule has 284 valence electrons. The number of aliphatic hydroxyl groups is 4. The third-order valence-corrected chi connectivity index (χ3v) is 12.1. The maximum Gasteiger partial charge on any atom is 0.338 e. The molecule has 1 heterocycles. The minimum Gasteiger partial charge on any atom is -0.456 e. The van der Waals surface area contributed by atoms with Crippen LogP contribution in [-0.2, 0) is 38.1 Å². The lowest BCUT2D eigenvalue weighted by atomic mass is 9.44. The number of Topliss-reactive ketones (excluding diaryl/α,β-unsaturated/α-hetero) is 1. The summed E-state index contributed by atoms with van der Waals surface area (Å²) in [5.74, 6) is -5.27. The zero-order chi connectivity index (χ0) is 38.7. The van der Waals surface area contributed by atoms with E-state index in [1.54, 1.807) is 62.4 Å². The lowest BCUT2D eigenvalue weighted by Gasteiger charge is -2.67. The fourth-order valence-corrected chi connectivity index (χ4v) is 9.22. The molecule has 1 unspecified atom stereocenters. The van der Waals surface area contributed by atoms with Gasteiger partial charge in [0.05, 0.1) is 35.6 Å². The number of rotatable bonds is 9. The average Bonchev–Trinajstić information content (AvgIpc) is 3.12. The quantitative estimate of drug-likeness (QED) is 0.107. The Morgan fingerprint density at radius 1 is 1.00 bits per heavy atom. The van der Waals surface area contributed by atoms with Gasteiger partial charge in [-0.15, -0.1) is 0 Å². The van der Waals surface area contributed by atoms with E-state index in [2.05, 4.69) is 5.32 Å². The first-order valence-corrected chi connectivity index (χ1v) is 17.5. The Kier molecular flexibility index (Phi) is 9.92. The number of aliphatic hydroxyl groups excluding tert-OH is 3. The highest BCUT2D eigenvalue weighted by atomic mass is 16.6. The molecular formula is C39H45NO13. The van der Waals surface area contributed by atoms with Crippen molar-refractivity contribution < 1.29 is 63.3 Å². The summed E-state index contributed by atoms with van der Waals surface area (Å²) < 4.78 is 23.9. The highest BCUT2D eigenvalue weighted by Crippen LogP contribution is 2.64. The maximum atomic E-state index is 14.8. The van der Waals surface area contributed by atoms with E-state index in [9.17, 15) is 44.4 Å². The second kappa shape index (κ2) is 13.7. The molecule has 6 rings (SSSR count). The summed E-state index contributed by atoms with van der Waals surface area (Å²) in [5.41, 5.74) is -7.01. The number of hydrogen-bond donors (Lipinski definition) is 5. The molecule has 0 radical (unpaired) electrons. The van der Waals surface area contributed by atoms with Crippen LogP contribution < -0.4 is 5.32 Å². The van der Waals surface area contributed by atoms with Gasteiger partial charge in [0.15, 0.2) is 17.5 Å². The highest BCUT2D eigenvalue weighted by Gasteiger charge is 2.78. The lowest BCUT2D eigenvalue weighted by Crippen LogP contribution is -2.81. The van der Waals surface area contributed by atoms with Crippen molar-refractivity contribution in [2.45, 2.75) is 101 Å². The molecule has 0 aromatic heterocycles. The van der Waals surface area contributed by atoms with Crippen LogP contribution in [-0.4, -0.2) is 105 Å². The number of nitrogens with one attached hydrogen (secondary N) is 1. The Morgan fingerprint density at radius 2 is 1.62 bits per heavy atom. The van der Waals surface area contributed by atoms with Crippen molar-refractivity contribution in [1.82, 2.24) is 5.32 Å². The van der Waals surface area contributed by atoms with Gasteiger partial charge in [-0.05, 0) is 42.7 Å². The summed E-state index contributed by atoms with van der Waals surface area (Å²) in [6.45, 7) is 6.88. The largest absolute Gasteiger partial charge is 0.456 e. The number of hydrogen-bond acceptors (Lipinski definition) is 13. The Bertz CT molecular complexity index is 1810. The number of esters is 3. The van der Waals surface area contributed by atoms with Crippen LogP contribution in [0.5, 0.6) is 0 Å². The fourth-order valence-electron chi connectivity index (χ4n) is 9.22. The molecule has 2 saturated carbocycles. The van der Waals surface area contributed by atoms with Gasteiger partial charge in [0.2, 0.25) is 6.41 Å². The smallest absolute Gasteiger partial charge is 0.338 e. The van der Waals surface area contributed by atoms with E-state index in [1.165, 1.54) is 26.0 Å². The van der Waals surface area contributed by atoms with Crippen molar-refractivity contribution in [2.75, 3.05) is 6.61 Å². The number of ether oxygens (including phenoxy) is 4. The van der Waals surface area contributed by atoms with E-state index < -0.39 is 101 Å². The summed E-state index contributed by atoms with van der Waals surface area (Å²) in [6, 6.07) is 14.8. The van der Waals surface area contributed by atoms with E-state index in [0.29, 0.717) is 12.0 Å². The monoisotopic (exact) mass is 735 g/mol. The SMILES string of the molecule is CC(=O)O[C@]12CO[C@H]1C[C@@H](O)[C@]1(C)C(=O)[C@@H](O)C3=C(C)[C@H](OC(=O)[C@@H](O)[C@@H](NC=O)c4ccccc4)C[C@](O)([C@H](OC(=O)c4ccccc4)C21)C3(C)C. The zero-order valence-electron chi connectivity index (χ0n) is 30.1. The van der Waals surface area contributed by atoms with E-state index in [4.69, 9.17) is 18.9 Å². The molecule has 3 aliphatic carbocycles. The van der Waals surface area contributed by atoms with Crippen molar-refractivity contribution in [1.29, 1.82) is 0 Å². The van der Waals surface area contributed by atoms with Gasteiger partial charge < -0.3 is 44.7 Å². The molecule has 2 aromatic rings. The lowest BCUT2D eigenvalue weighted by molar-refractivity contribution is -0.346. The molecule has 14 heteroatoms. The standard InChI is InChI=1S/C39H45NO13/c1-20-24(51-35(48)30(45)28(40-19-41)22-12-8-6-9-13-22)17-39(49)33(52-34(47)23-14-10-7-11-15-23)31-37(5,32(46)29(44)27(20)36(39,3)4)25(43)16-26-38(31,18-50-26)53-21(2)42/h6-15,19,24-26,28-31,33,43-45,49H,16-18H2,1-5H3,(H,40,41)/t24-,25-,26+,28+,29+,30+,31?,33-,37+,38-,39+/m1/s1. The molecule has 2 aromatic carbocycles. The number of carbonyl (C=O) groups excluding carboxylic acids is 5.